The first-order chi connectivity index (χ1) is 15.5. The minimum Gasteiger partial charge on any atom is -0.337 e. The number of aryl methyl sites for hydroxylation is 1. The van der Waals surface area contributed by atoms with E-state index in [0.29, 0.717) is 5.82 Å². The van der Waals surface area contributed by atoms with E-state index in [2.05, 4.69) is 20.2 Å². The Bertz CT molecular complexity index is 1530. The molecule has 0 fully saturated rings. The molecule has 0 saturated carbocycles. The number of rotatable bonds is 5. The number of hydrogen-bond acceptors (Lipinski definition) is 8. The zero-order valence-corrected chi connectivity index (χ0v) is 16.7. The minimum absolute atomic E-state index is 0.0251. The maximum absolute atomic E-state index is 13.0. The van der Waals surface area contributed by atoms with Gasteiger partial charge in [-0.15, -0.1) is 0 Å². The molecule has 3 heterocycles. The van der Waals surface area contributed by atoms with Crippen LogP contribution in [0.1, 0.15) is 11.5 Å². The lowest BCUT2D eigenvalue weighted by Crippen LogP contribution is -2.21. The summed E-state index contributed by atoms with van der Waals surface area (Å²) in [4.78, 5) is 32.5. The summed E-state index contributed by atoms with van der Waals surface area (Å²) in [7, 11) is 0. The molecule has 0 radical (unpaired) electrons. The fourth-order valence-corrected chi connectivity index (χ4v) is 3.40. The van der Waals surface area contributed by atoms with Crippen LogP contribution in [0.2, 0.25) is 0 Å². The SMILES string of the molecule is Cc1cccc(-c2noc(Cn3cnc4c(cnn4-c4ccccc4[N+](=O)[O-])c3=O)n2)c1. The lowest BCUT2D eigenvalue weighted by Gasteiger charge is -2.05. The highest BCUT2D eigenvalue weighted by Crippen LogP contribution is 2.24. The van der Waals surface area contributed by atoms with Crippen LogP contribution in [0.25, 0.3) is 28.1 Å². The van der Waals surface area contributed by atoms with Crippen molar-refractivity contribution < 1.29 is 9.45 Å². The topological polar surface area (TPSA) is 135 Å². The van der Waals surface area contributed by atoms with E-state index in [9.17, 15) is 14.9 Å². The third-order valence-electron chi connectivity index (χ3n) is 4.91. The van der Waals surface area contributed by atoms with E-state index in [-0.39, 0.29) is 40.4 Å². The number of para-hydroxylation sites is 2. The Balaban J connectivity index is 1.50. The number of nitrogens with zero attached hydrogens (tertiary/aromatic N) is 7. The molecule has 0 spiro atoms. The summed E-state index contributed by atoms with van der Waals surface area (Å²) >= 11 is 0. The standard InChI is InChI=1S/C21H15N7O4/c1-13-5-4-6-14(9-13)19-24-18(32-25-19)11-26-12-22-20-15(21(26)29)10-23-27(20)16-7-2-3-8-17(16)28(30)31/h2-10,12H,11H2,1H3. The van der Waals surface area contributed by atoms with Crippen LogP contribution in [0.15, 0.2) is 70.4 Å². The molecule has 11 nitrogen and oxygen atoms in total. The Labute approximate surface area is 179 Å². The molecule has 11 heteroatoms. The number of nitro groups is 1. The molecule has 5 rings (SSSR count). The van der Waals surface area contributed by atoms with Gasteiger partial charge in [-0.2, -0.15) is 10.1 Å². The number of aromatic nitrogens is 6. The highest BCUT2D eigenvalue weighted by molar-refractivity contribution is 5.76. The van der Waals surface area contributed by atoms with Crippen molar-refractivity contribution in [2.75, 3.05) is 0 Å². The summed E-state index contributed by atoms with van der Waals surface area (Å²) < 4.78 is 7.90. The van der Waals surface area contributed by atoms with Crippen molar-refractivity contribution in [2.24, 2.45) is 0 Å². The molecule has 2 aromatic carbocycles. The van der Waals surface area contributed by atoms with Gasteiger partial charge in [-0.3, -0.25) is 19.5 Å². The number of nitro benzene ring substituents is 1. The van der Waals surface area contributed by atoms with Gasteiger partial charge in [0.05, 0.1) is 11.1 Å². The zero-order valence-electron chi connectivity index (χ0n) is 16.7. The van der Waals surface area contributed by atoms with Crippen molar-refractivity contribution >= 4 is 16.7 Å². The Hall–Kier alpha value is -4.67. The van der Waals surface area contributed by atoms with Gasteiger partial charge in [-0.1, -0.05) is 41.1 Å². The summed E-state index contributed by atoms with van der Waals surface area (Å²) in [6.07, 6.45) is 2.66. The van der Waals surface area contributed by atoms with E-state index in [1.165, 1.54) is 27.8 Å². The normalized spacial score (nSPS) is 11.2. The molecule has 0 bridgehead atoms. The lowest BCUT2D eigenvalue weighted by molar-refractivity contribution is -0.384. The van der Waals surface area contributed by atoms with Crippen LogP contribution in [0, 0.1) is 17.0 Å². The van der Waals surface area contributed by atoms with Gasteiger partial charge in [0.15, 0.2) is 5.65 Å². The van der Waals surface area contributed by atoms with E-state index >= 15 is 0 Å². The Kier molecular flexibility index (Phi) is 4.55. The van der Waals surface area contributed by atoms with E-state index in [4.69, 9.17) is 4.52 Å². The van der Waals surface area contributed by atoms with Crippen molar-refractivity contribution in [1.82, 2.24) is 29.5 Å². The Morgan fingerprint density at radius 2 is 2.00 bits per heavy atom. The first kappa shape index (κ1) is 19.3. The smallest absolute Gasteiger partial charge is 0.294 e. The van der Waals surface area contributed by atoms with Crippen LogP contribution in [0.3, 0.4) is 0 Å². The van der Waals surface area contributed by atoms with E-state index in [1.807, 2.05) is 31.2 Å². The highest BCUT2D eigenvalue weighted by atomic mass is 16.6. The number of hydrogen-bond donors (Lipinski definition) is 0. The van der Waals surface area contributed by atoms with Crippen LogP contribution < -0.4 is 5.56 Å². The maximum atomic E-state index is 13.0. The largest absolute Gasteiger partial charge is 0.337 e. The van der Waals surface area contributed by atoms with E-state index in [1.54, 1.807) is 18.2 Å². The van der Waals surface area contributed by atoms with Crippen LogP contribution in [0.4, 0.5) is 5.69 Å². The summed E-state index contributed by atoms with van der Waals surface area (Å²) in [6.45, 7) is 1.99. The molecule has 158 valence electrons. The fourth-order valence-electron chi connectivity index (χ4n) is 3.40. The Morgan fingerprint density at radius 1 is 1.16 bits per heavy atom. The fraction of sp³-hybridized carbons (Fsp3) is 0.0952. The monoisotopic (exact) mass is 429 g/mol. The summed E-state index contributed by atoms with van der Waals surface area (Å²) in [5, 5.41) is 19.7. The molecule has 0 atom stereocenters. The second-order valence-corrected chi connectivity index (χ2v) is 7.10. The Morgan fingerprint density at radius 3 is 2.81 bits per heavy atom. The van der Waals surface area contributed by atoms with Gasteiger partial charge < -0.3 is 4.52 Å². The van der Waals surface area contributed by atoms with Gasteiger partial charge >= 0.3 is 0 Å². The van der Waals surface area contributed by atoms with Gasteiger partial charge in [-0.25, -0.2) is 9.67 Å². The molecule has 0 N–H and O–H groups in total. The van der Waals surface area contributed by atoms with Gasteiger partial charge in [0.2, 0.25) is 11.7 Å². The molecule has 0 aliphatic carbocycles. The van der Waals surface area contributed by atoms with Crippen molar-refractivity contribution in [3.63, 3.8) is 0 Å². The molecule has 32 heavy (non-hydrogen) atoms. The van der Waals surface area contributed by atoms with Gasteiger partial charge in [0.1, 0.15) is 23.9 Å². The highest BCUT2D eigenvalue weighted by Gasteiger charge is 2.19. The van der Waals surface area contributed by atoms with Crippen LogP contribution in [-0.4, -0.2) is 34.4 Å². The molecule has 5 aromatic rings. The van der Waals surface area contributed by atoms with Crippen molar-refractivity contribution in [2.45, 2.75) is 13.5 Å². The number of fused-ring (bicyclic) bond motifs is 1. The van der Waals surface area contributed by atoms with Crippen LogP contribution in [-0.2, 0) is 6.54 Å². The lowest BCUT2D eigenvalue weighted by atomic mass is 10.1. The van der Waals surface area contributed by atoms with Gasteiger partial charge in [0.25, 0.3) is 11.2 Å². The second kappa shape index (κ2) is 7.54. The zero-order chi connectivity index (χ0) is 22.2. The van der Waals surface area contributed by atoms with Crippen molar-refractivity contribution in [1.29, 1.82) is 0 Å². The predicted molar refractivity (Wildman–Crippen MR) is 113 cm³/mol. The molecule has 0 amide bonds. The molecule has 0 aliphatic rings. The summed E-state index contributed by atoms with van der Waals surface area (Å²) in [6, 6.07) is 13.8. The van der Waals surface area contributed by atoms with Crippen LogP contribution in [0.5, 0.6) is 0 Å². The quantitative estimate of drug-likeness (QED) is 0.307. The summed E-state index contributed by atoms with van der Waals surface area (Å²) in [5.74, 6) is 0.672. The molecular formula is C21H15N7O4. The van der Waals surface area contributed by atoms with Gasteiger partial charge in [-0.05, 0) is 19.1 Å². The maximum Gasteiger partial charge on any atom is 0.294 e. The minimum atomic E-state index is -0.508. The molecule has 0 aliphatic heterocycles. The third kappa shape index (κ3) is 3.31. The molecule has 3 aromatic heterocycles. The van der Waals surface area contributed by atoms with Gasteiger partial charge in [0, 0.05) is 11.6 Å². The van der Waals surface area contributed by atoms with Crippen LogP contribution >= 0.6 is 0 Å². The second-order valence-electron chi connectivity index (χ2n) is 7.10. The van der Waals surface area contributed by atoms with E-state index in [0.717, 1.165) is 11.1 Å². The average molecular weight is 429 g/mol. The molecular weight excluding hydrogens is 414 g/mol. The average Bonchev–Trinajstić information content (AvgIpc) is 3.43. The molecule has 0 saturated heterocycles. The van der Waals surface area contributed by atoms with Crippen molar-refractivity contribution in [3.05, 3.63) is 93.0 Å². The first-order valence-corrected chi connectivity index (χ1v) is 9.58. The predicted octanol–water partition coefficient (Wildman–Crippen LogP) is 2.90. The molecule has 0 unspecified atom stereocenters. The summed E-state index contributed by atoms with van der Waals surface area (Å²) in [5.41, 5.74) is 1.79. The third-order valence-corrected chi connectivity index (χ3v) is 4.91. The van der Waals surface area contributed by atoms with E-state index < -0.39 is 4.92 Å². The number of benzene rings is 2. The first-order valence-electron chi connectivity index (χ1n) is 9.58. The van der Waals surface area contributed by atoms with Crippen molar-refractivity contribution in [3.8, 4) is 17.1 Å².